The number of carbonyl (C=O) groups excluding carboxylic acids is 1. The van der Waals surface area contributed by atoms with Crippen LogP contribution < -0.4 is 5.32 Å². The Labute approximate surface area is 133 Å². The van der Waals surface area contributed by atoms with Gasteiger partial charge in [-0.2, -0.15) is 0 Å². The monoisotopic (exact) mass is 329 g/mol. The largest absolute Gasteiger partial charge is 0.481 e. The van der Waals surface area contributed by atoms with Gasteiger partial charge in [-0.05, 0) is 37.5 Å². The SMILES string of the molecule is CC(C(=O)N[C@@H]1CCC[C@@H]1C(=O)O)c1ccc(Cl)c(Cl)c1. The topological polar surface area (TPSA) is 66.4 Å². The van der Waals surface area contributed by atoms with Crippen LogP contribution in [0.3, 0.4) is 0 Å². The quantitative estimate of drug-likeness (QED) is 0.888. The van der Waals surface area contributed by atoms with Gasteiger partial charge in [-0.1, -0.05) is 35.7 Å². The Hall–Kier alpha value is -1.26. The first-order chi connectivity index (χ1) is 9.90. The van der Waals surface area contributed by atoms with Crippen LogP contribution in [0.5, 0.6) is 0 Å². The Morgan fingerprint density at radius 1 is 1.29 bits per heavy atom. The second-order valence-electron chi connectivity index (χ2n) is 5.39. The standard InChI is InChI=1S/C15H17Cl2NO3/c1-8(9-5-6-11(16)12(17)7-9)14(19)18-13-4-2-3-10(13)15(20)21/h5-8,10,13H,2-4H2,1H3,(H,18,19)(H,20,21)/t8?,10-,13+/m0/s1. The van der Waals surface area contributed by atoms with E-state index in [1.165, 1.54) is 0 Å². The molecule has 2 N–H and O–H groups in total. The van der Waals surface area contributed by atoms with Gasteiger partial charge in [-0.3, -0.25) is 9.59 Å². The summed E-state index contributed by atoms with van der Waals surface area (Å²) in [6.07, 6.45) is 2.14. The minimum absolute atomic E-state index is 0.188. The van der Waals surface area contributed by atoms with E-state index in [4.69, 9.17) is 28.3 Å². The molecule has 1 amide bonds. The molecule has 0 aromatic heterocycles. The Bertz CT molecular complexity index is 562. The fourth-order valence-corrected chi connectivity index (χ4v) is 2.98. The molecule has 1 saturated carbocycles. The van der Waals surface area contributed by atoms with Crippen LogP contribution in [-0.2, 0) is 9.59 Å². The first kappa shape index (κ1) is 16.1. The molecule has 114 valence electrons. The number of aliphatic carboxylic acids is 1. The maximum Gasteiger partial charge on any atom is 0.308 e. The van der Waals surface area contributed by atoms with Crippen molar-refractivity contribution in [1.29, 1.82) is 0 Å². The molecule has 1 aliphatic rings. The van der Waals surface area contributed by atoms with Crippen molar-refractivity contribution in [2.75, 3.05) is 0 Å². The molecular formula is C15H17Cl2NO3. The first-order valence-corrected chi connectivity index (χ1v) is 7.64. The van der Waals surface area contributed by atoms with E-state index in [9.17, 15) is 9.59 Å². The number of carbonyl (C=O) groups is 2. The molecule has 6 heteroatoms. The second kappa shape index (κ2) is 6.67. The highest BCUT2D eigenvalue weighted by molar-refractivity contribution is 6.42. The molecule has 21 heavy (non-hydrogen) atoms. The van der Waals surface area contributed by atoms with Gasteiger partial charge in [0.2, 0.25) is 5.91 Å². The van der Waals surface area contributed by atoms with Crippen molar-refractivity contribution in [3.05, 3.63) is 33.8 Å². The van der Waals surface area contributed by atoms with E-state index in [2.05, 4.69) is 5.32 Å². The van der Waals surface area contributed by atoms with E-state index in [-0.39, 0.29) is 11.9 Å². The zero-order valence-corrected chi connectivity index (χ0v) is 13.1. The number of carboxylic acids is 1. The van der Waals surface area contributed by atoms with Crippen LogP contribution in [0.2, 0.25) is 10.0 Å². The molecule has 0 spiro atoms. The van der Waals surface area contributed by atoms with Crippen molar-refractivity contribution in [3.8, 4) is 0 Å². The number of carboxylic acid groups (broad SMARTS) is 1. The fraction of sp³-hybridized carbons (Fsp3) is 0.467. The van der Waals surface area contributed by atoms with Gasteiger partial charge in [-0.15, -0.1) is 0 Å². The summed E-state index contributed by atoms with van der Waals surface area (Å²) >= 11 is 11.8. The molecule has 1 fully saturated rings. The number of halogens is 2. The maximum absolute atomic E-state index is 12.3. The van der Waals surface area contributed by atoms with Gasteiger partial charge in [0.15, 0.2) is 0 Å². The van der Waals surface area contributed by atoms with Gasteiger partial charge < -0.3 is 10.4 Å². The van der Waals surface area contributed by atoms with Crippen LogP contribution in [0.25, 0.3) is 0 Å². The van der Waals surface area contributed by atoms with Crippen molar-refractivity contribution in [3.63, 3.8) is 0 Å². The summed E-state index contributed by atoms with van der Waals surface area (Å²) in [5.74, 6) is -1.93. The van der Waals surface area contributed by atoms with Crippen molar-refractivity contribution >= 4 is 35.1 Å². The molecule has 2 rings (SSSR count). The van der Waals surface area contributed by atoms with E-state index in [0.29, 0.717) is 22.9 Å². The molecule has 1 unspecified atom stereocenters. The van der Waals surface area contributed by atoms with E-state index in [1.54, 1.807) is 25.1 Å². The van der Waals surface area contributed by atoms with Crippen LogP contribution in [-0.4, -0.2) is 23.0 Å². The highest BCUT2D eigenvalue weighted by Crippen LogP contribution is 2.29. The molecule has 1 aliphatic carbocycles. The van der Waals surface area contributed by atoms with Crippen LogP contribution in [0.1, 0.15) is 37.7 Å². The number of rotatable bonds is 4. The zero-order chi connectivity index (χ0) is 15.6. The number of benzene rings is 1. The average molecular weight is 330 g/mol. The normalized spacial score (nSPS) is 22.8. The molecule has 0 radical (unpaired) electrons. The number of hydrogen-bond donors (Lipinski definition) is 2. The van der Waals surface area contributed by atoms with E-state index in [1.807, 2.05) is 0 Å². The summed E-state index contributed by atoms with van der Waals surface area (Å²) in [4.78, 5) is 23.4. The highest BCUT2D eigenvalue weighted by atomic mass is 35.5. The van der Waals surface area contributed by atoms with Crippen molar-refractivity contribution in [2.45, 2.75) is 38.1 Å². The number of nitrogens with one attached hydrogen (secondary N) is 1. The Kier molecular flexibility index (Phi) is 5.12. The van der Waals surface area contributed by atoms with Gasteiger partial charge in [0.1, 0.15) is 0 Å². The van der Waals surface area contributed by atoms with Gasteiger partial charge in [-0.25, -0.2) is 0 Å². The van der Waals surface area contributed by atoms with Gasteiger partial charge >= 0.3 is 5.97 Å². The predicted molar refractivity (Wildman–Crippen MR) is 81.8 cm³/mol. The highest BCUT2D eigenvalue weighted by Gasteiger charge is 2.34. The van der Waals surface area contributed by atoms with Crippen molar-refractivity contribution < 1.29 is 14.7 Å². The molecule has 0 aliphatic heterocycles. The Morgan fingerprint density at radius 3 is 2.62 bits per heavy atom. The summed E-state index contributed by atoms with van der Waals surface area (Å²) in [6, 6.07) is 4.78. The van der Waals surface area contributed by atoms with Gasteiger partial charge in [0.25, 0.3) is 0 Å². The number of hydrogen-bond acceptors (Lipinski definition) is 2. The second-order valence-corrected chi connectivity index (χ2v) is 6.20. The molecule has 1 aromatic carbocycles. The van der Waals surface area contributed by atoms with Crippen molar-refractivity contribution in [1.82, 2.24) is 5.32 Å². The van der Waals surface area contributed by atoms with Crippen molar-refractivity contribution in [2.24, 2.45) is 5.92 Å². The van der Waals surface area contributed by atoms with Gasteiger partial charge in [0, 0.05) is 6.04 Å². The smallest absolute Gasteiger partial charge is 0.308 e. The lowest BCUT2D eigenvalue weighted by molar-refractivity contribution is -0.142. The summed E-state index contributed by atoms with van der Waals surface area (Å²) < 4.78 is 0. The number of amides is 1. The van der Waals surface area contributed by atoms with Crippen LogP contribution >= 0.6 is 23.2 Å². The first-order valence-electron chi connectivity index (χ1n) is 6.88. The summed E-state index contributed by atoms with van der Waals surface area (Å²) in [6.45, 7) is 1.76. The minimum atomic E-state index is -0.847. The lowest BCUT2D eigenvalue weighted by atomic mass is 9.98. The van der Waals surface area contributed by atoms with E-state index in [0.717, 1.165) is 12.0 Å². The Balaban J connectivity index is 2.05. The minimum Gasteiger partial charge on any atom is -0.481 e. The predicted octanol–water partition coefficient (Wildman–Crippen LogP) is 3.47. The molecule has 1 aromatic rings. The van der Waals surface area contributed by atoms with Gasteiger partial charge in [0.05, 0.1) is 21.9 Å². The third-order valence-corrected chi connectivity index (χ3v) is 4.74. The summed E-state index contributed by atoms with van der Waals surface area (Å²) in [5.41, 5.74) is 0.756. The molecule has 0 bridgehead atoms. The van der Waals surface area contributed by atoms with E-state index < -0.39 is 17.8 Å². The fourth-order valence-electron chi connectivity index (χ4n) is 2.67. The van der Waals surface area contributed by atoms with Crippen LogP contribution in [0.4, 0.5) is 0 Å². The summed E-state index contributed by atoms with van der Waals surface area (Å²) in [7, 11) is 0. The third kappa shape index (κ3) is 3.69. The molecule has 0 saturated heterocycles. The van der Waals surface area contributed by atoms with E-state index >= 15 is 0 Å². The average Bonchev–Trinajstić information content (AvgIpc) is 2.89. The summed E-state index contributed by atoms with van der Waals surface area (Å²) in [5, 5.41) is 12.8. The Morgan fingerprint density at radius 2 is 2.00 bits per heavy atom. The lowest BCUT2D eigenvalue weighted by Crippen LogP contribution is -2.41. The molecule has 3 atom stereocenters. The molecular weight excluding hydrogens is 313 g/mol. The lowest BCUT2D eigenvalue weighted by Gasteiger charge is -2.20. The molecule has 4 nitrogen and oxygen atoms in total. The zero-order valence-electron chi connectivity index (χ0n) is 11.6. The third-order valence-electron chi connectivity index (χ3n) is 4.00. The molecule has 0 heterocycles. The van der Waals surface area contributed by atoms with Crippen LogP contribution in [0, 0.1) is 5.92 Å². The van der Waals surface area contributed by atoms with Crippen LogP contribution in [0.15, 0.2) is 18.2 Å². The maximum atomic E-state index is 12.3.